The van der Waals surface area contributed by atoms with Crippen LogP contribution in [0.15, 0.2) is 18.2 Å². The van der Waals surface area contributed by atoms with Gasteiger partial charge in [-0.3, -0.25) is 4.79 Å². The van der Waals surface area contributed by atoms with Gasteiger partial charge in [0.2, 0.25) is 0 Å². The first-order chi connectivity index (χ1) is 9.13. The zero-order valence-electron chi connectivity index (χ0n) is 11.3. The van der Waals surface area contributed by atoms with E-state index in [9.17, 15) is 9.90 Å². The second-order valence-electron chi connectivity index (χ2n) is 4.96. The minimum Gasteiger partial charge on any atom is -0.489 e. The minimum atomic E-state index is -0.250. The van der Waals surface area contributed by atoms with E-state index in [-0.39, 0.29) is 24.5 Å². The van der Waals surface area contributed by atoms with Crippen LogP contribution in [0, 0.1) is 5.92 Å². The molecule has 2 rings (SSSR count). The molecule has 5 heteroatoms. The van der Waals surface area contributed by atoms with Gasteiger partial charge in [0.1, 0.15) is 6.61 Å². The van der Waals surface area contributed by atoms with E-state index >= 15 is 0 Å². The standard InChI is InChI=1S/C14H20N2O3/c1-9(2)12(8-17)16-14(18)10-4-3-5-11-13(10)19-7-6-15-11/h3-5,9,12,15,17H,6-8H2,1-2H3,(H,16,18)/t12-/m1/s1. The highest BCUT2D eigenvalue weighted by atomic mass is 16.5. The number of hydrogen-bond acceptors (Lipinski definition) is 4. The molecule has 1 aliphatic heterocycles. The largest absolute Gasteiger partial charge is 0.489 e. The highest BCUT2D eigenvalue weighted by Crippen LogP contribution is 2.31. The van der Waals surface area contributed by atoms with Crippen LogP contribution >= 0.6 is 0 Å². The van der Waals surface area contributed by atoms with E-state index in [4.69, 9.17) is 4.74 Å². The van der Waals surface area contributed by atoms with Crippen molar-refractivity contribution in [3.63, 3.8) is 0 Å². The summed E-state index contributed by atoms with van der Waals surface area (Å²) in [5, 5.41) is 15.3. The van der Waals surface area contributed by atoms with Gasteiger partial charge in [-0.05, 0) is 18.1 Å². The van der Waals surface area contributed by atoms with Crippen LogP contribution in [0.5, 0.6) is 5.75 Å². The Labute approximate surface area is 113 Å². The van der Waals surface area contributed by atoms with Crippen molar-refractivity contribution in [2.75, 3.05) is 25.1 Å². The number of aliphatic hydroxyl groups excluding tert-OH is 1. The molecular weight excluding hydrogens is 244 g/mol. The Hall–Kier alpha value is -1.75. The van der Waals surface area contributed by atoms with Crippen LogP contribution < -0.4 is 15.4 Å². The number of anilines is 1. The quantitative estimate of drug-likeness (QED) is 0.765. The van der Waals surface area contributed by atoms with Gasteiger partial charge in [0.15, 0.2) is 5.75 Å². The van der Waals surface area contributed by atoms with E-state index in [0.717, 1.165) is 12.2 Å². The molecule has 104 valence electrons. The molecule has 0 aromatic heterocycles. The minimum absolute atomic E-state index is 0.0719. The summed E-state index contributed by atoms with van der Waals surface area (Å²) in [7, 11) is 0. The number of aliphatic hydroxyl groups is 1. The van der Waals surface area contributed by atoms with Crippen LogP contribution in [0.25, 0.3) is 0 Å². The first kappa shape index (κ1) is 13.7. The van der Waals surface area contributed by atoms with Crippen molar-refractivity contribution in [2.24, 2.45) is 5.92 Å². The summed E-state index contributed by atoms with van der Waals surface area (Å²) in [5.41, 5.74) is 1.34. The SMILES string of the molecule is CC(C)[C@@H](CO)NC(=O)c1cccc2c1OCCN2. The number of para-hydroxylation sites is 1. The summed E-state index contributed by atoms with van der Waals surface area (Å²) in [6, 6.07) is 5.19. The molecule has 0 unspecified atom stereocenters. The van der Waals surface area contributed by atoms with Gasteiger partial charge in [-0.2, -0.15) is 0 Å². The first-order valence-corrected chi connectivity index (χ1v) is 6.55. The maximum Gasteiger partial charge on any atom is 0.255 e. The third-order valence-electron chi connectivity index (χ3n) is 3.24. The van der Waals surface area contributed by atoms with Gasteiger partial charge in [0, 0.05) is 6.54 Å². The van der Waals surface area contributed by atoms with Crippen molar-refractivity contribution >= 4 is 11.6 Å². The molecule has 0 aliphatic carbocycles. The third-order valence-corrected chi connectivity index (χ3v) is 3.24. The number of fused-ring (bicyclic) bond motifs is 1. The number of carbonyl (C=O) groups excluding carboxylic acids is 1. The zero-order chi connectivity index (χ0) is 13.8. The Kier molecular flexibility index (Phi) is 4.27. The van der Waals surface area contributed by atoms with Gasteiger partial charge in [-0.15, -0.1) is 0 Å². The van der Waals surface area contributed by atoms with Crippen molar-refractivity contribution in [2.45, 2.75) is 19.9 Å². The lowest BCUT2D eigenvalue weighted by atomic mass is 10.0. The lowest BCUT2D eigenvalue weighted by molar-refractivity contribution is 0.0892. The molecule has 0 spiro atoms. The van der Waals surface area contributed by atoms with Gasteiger partial charge >= 0.3 is 0 Å². The fourth-order valence-corrected chi connectivity index (χ4v) is 2.02. The fourth-order valence-electron chi connectivity index (χ4n) is 2.02. The highest BCUT2D eigenvalue weighted by Gasteiger charge is 2.22. The van der Waals surface area contributed by atoms with E-state index in [1.54, 1.807) is 6.07 Å². The topological polar surface area (TPSA) is 70.6 Å². The number of ether oxygens (including phenoxy) is 1. The molecule has 0 bridgehead atoms. The molecule has 1 aliphatic rings. The number of rotatable bonds is 4. The molecule has 0 radical (unpaired) electrons. The van der Waals surface area contributed by atoms with E-state index in [0.29, 0.717) is 17.9 Å². The molecule has 0 saturated heterocycles. The summed E-state index contributed by atoms with van der Waals surface area (Å²) in [5.74, 6) is 0.549. The number of benzene rings is 1. The van der Waals surface area contributed by atoms with Crippen LogP contribution in [0.4, 0.5) is 5.69 Å². The Balaban J connectivity index is 2.19. The average Bonchev–Trinajstić information content (AvgIpc) is 2.43. The summed E-state index contributed by atoms with van der Waals surface area (Å²) >= 11 is 0. The van der Waals surface area contributed by atoms with Gasteiger partial charge in [0.25, 0.3) is 5.91 Å². The normalized spacial score (nSPS) is 15.2. The smallest absolute Gasteiger partial charge is 0.255 e. The number of hydrogen-bond donors (Lipinski definition) is 3. The second kappa shape index (κ2) is 5.93. The van der Waals surface area contributed by atoms with Gasteiger partial charge in [0.05, 0.1) is 23.9 Å². The van der Waals surface area contributed by atoms with Gasteiger partial charge in [-0.25, -0.2) is 0 Å². The molecule has 5 nitrogen and oxygen atoms in total. The predicted octanol–water partition coefficient (Wildman–Crippen LogP) is 1.24. The summed E-state index contributed by atoms with van der Waals surface area (Å²) in [4.78, 5) is 12.3. The van der Waals surface area contributed by atoms with E-state index < -0.39 is 0 Å². The van der Waals surface area contributed by atoms with Crippen molar-refractivity contribution < 1.29 is 14.6 Å². The van der Waals surface area contributed by atoms with E-state index in [1.165, 1.54) is 0 Å². The maximum atomic E-state index is 12.3. The molecule has 0 fully saturated rings. The molecule has 1 heterocycles. The molecule has 19 heavy (non-hydrogen) atoms. The van der Waals surface area contributed by atoms with Gasteiger partial charge in [-0.1, -0.05) is 19.9 Å². The van der Waals surface area contributed by atoms with Crippen LogP contribution in [-0.4, -0.2) is 36.8 Å². The molecule has 1 atom stereocenters. The molecule has 1 amide bonds. The molecule has 1 aromatic rings. The van der Waals surface area contributed by atoms with Crippen LogP contribution in [0.1, 0.15) is 24.2 Å². The summed E-state index contributed by atoms with van der Waals surface area (Å²) in [6.07, 6.45) is 0. The monoisotopic (exact) mass is 264 g/mol. The molecule has 1 aromatic carbocycles. The van der Waals surface area contributed by atoms with Crippen molar-refractivity contribution in [3.05, 3.63) is 23.8 Å². The van der Waals surface area contributed by atoms with Crippen LogP contribution in [0.2, 0.25) is 0 Å². The van der Waals surface area contributed by atoms with Crippen molar-refractivity contribution in [3.8, 4) is 5.75 Å². The number of carbonyl (C=O) groups is 1. The lowest BCUT2D eigenvalue weighted by Gasteiger charge is -2.24. The van der Waals surface area contributed by atoms with Crippen LogP contribution in [-0.2, 0) is 0 Å². The lowest BCUT2D eigenvalue weighted by Crippen LogP contribution is -2.41. The third kappa shape index (κ3) is 2.98. The second-order valence-corrected chi connectivity index (χ2v) is 4.96. The Morgan fingerprint density at radius 1 is 1.53 bits per heavy atom. The average molecular weight is 264 g/mol. The van der Waals surface area contributed by atoms with Crippen molar-refractivity contribution in [1.29, 1.82) is 0 Å². The Bertz CT molecular complexity index is 460. The molecule has 3 N–H and O–H groups in total. The fraction of sp³-hybridized carbons (Fsp3) is 0.500. The molecular formula is C14H20N2O3. The van der Waals surface area contributed by atoms with E-state index in [2.05, 4.69) is 10.6 Å². The van der Waals surface area contributed by atoms with Crippen LogP contribution in [0.3, 0.4) is 0 Å². The predicted molar refractivity (Wildman–Crippen MR) is 73.6 cm³/mol. The molecule has 0 saturated carbocycles. The summed E-state index contributed by atoms with van der Waals surface area (Å²) in [6.45, 7) is 5.13. The van der Waals surface area contributed by atoms with E-state index in [1.807, 2.05) is 26.0 Å². The summed E-state index contributed by atoms with van der Waals surface area (Å²) < 4.78 is 5.57. The van der Waals surface area contributed by atoms with Gasteiger partial charge < -0.3 is 20.5 Å². The number of amides is 1. The zero-order valence-corrected chi connectivity index (χ0v) is 11.3. The first-order valence-electron chi connectivity index (χ1n) is 6.55. The Morgan fingerprint density at radius 3 is 3.00 bits per heavy atom. The van der Waals surface area contributed by atoms with Crippen molar-refractivity contribution in [1.82, 2.24) is 5.32 Å². The Morgan fingerprint density at radius 2 is 2.32 bits per heavy atom. The highest BCUT2D eigenvalue weighted by molar-refractivity contribution is 5.99. The maximum absolute atomic E-state index is 12.3. The number of nitrogens with one attached hydrogen (secondary N) is 2.